The van der Waals surface area contributed by atoms with Crippen LogP contribution in [0.2, 0.25) is 0 Å². The molecule has 4 aliphatic rings. The second-order valence-electron chi connectivity index (χ2n) is 12.5. The van der Waals surface area contributed by atoms with E-state index in [1.807, 2.05) is 6.07 Å². The van der Waals surface area contributed by atoms with Gasteiger partial charge < -0.3 is 25.2 Å². The first-order chi connectivity index (χ1) is 21.6. The first-order valence-corrected chi connectivity index (χ1v) is 17.3. The molecule has 1 aliphatic carbocycles. The number of halogens is 3. The fraction of sp³-hybridized carbons (Fsp3) is 0.516. The van der Waals surface area contributed by atoms with E-state index in [2.05, 4.69) is 37.6 Å². The molecule has 1 amide bonds. The van der Waals surface area contributed by atoms with Gasteiger partial charge in [-0.05, 0) is 61.9 Å². The zero-order valence-corrected chi connectivity index (χ0v) is 26.5. The van der Waals surface area contributed by atoms with E-state index in [-0.39, 0.29) is 34.9 Å². The summed E-state index contributed by atoms with van der Waals surface area (Å²) in [6.07, 6.45) is 0.172. The summed E-state index contributed by atoms with van der Waals surface area (Å²) in [6, 6.07) is 7.76. The maximum atomic E-state index is 14.2. The second kappa shape index (κ2) is 11.9. The van der Waals surface area contributed by atoms with E-state index in [1.54, 1.807) is 11.8 Å². The number of thiophene rings is 1. The number of aryl methyl sites for hydroxylation is 1. The Bertz CT molecular complexity index is 1620. The number of carbonyl (C=O) groups excluding carboxylic acids is 1. The Kier molecular flexibility index (Phi) is 8.11. The largest absolute Gasteiger partial charge is 0.420 e. The van der Waals surface area contributed by atoms with Crippen molar-refractivity contribution in [3.8, 4) is 10.6 Å². The Hall–Kier alpha value is -3.07. The number of hydrogen-bond donors (Lipinski definition) is 2. The Morgan fingerprint density at radius 1 is 1.27 bits per heavy atom. The van der Waals surface area contributed by atoms with Crippen molar-refractivity contribution >= 4 is 45.9 Å². The molecular formula is C31H35F3N6O3S2. The predicted molar refractivity (Wildman–Crippen MR) is 168 cm³/mol. The van der Waals surface area contributed by atoms with E-state index in [0.29, 0.717) is 34.3 Å². The normalized spacial score (nSPS) is 20.1. The molecule has 1 unspecified atom stereocenters. The number of hydrogen-bond acceptors (Lipinski definition) is 9. The van der Waals surface area contributed by atoms with Gasteiger partial charge >= 0.3 is 6.18 Å². The molecule has 9 nitrogen and oxygen atoms in total. The van der Waals surface area contributed by atoms with Crippen molar-refractivity contribution in [1.29, 1.82) is 0 Å². The molecule has 0 bridgehead atoms. The highest BCUT2D eigenvalue weighted by Crippen LogP contribution is 2.47. The van der Waals surface area contributed by atoms with Crippen LogP contribution in [0.5, 0.6) is 0 Å². The molecule has 7 rings (SSSR count). The van der Waals surface area contributed by atoms with Gasteiger partial charge in [-0.15, -0.1) is 11.3 Å². The highest BCUT2D eigenvalue weighted by Gasteiger charge is 2.43. The third kappa shape index (κ3) is 6.21. The number of carbonyl (C=O) groups is 1. The Morgan fingerprint density at radius 3 is 2.69 bits per heavy atom. The first kappa shape index (κ1) is 30.6. The number of alkyl halides is 3. The van der Waals surface area contributed by atoms with E-state index in [0.717, 1.165) is 74.2 Å². The van der Waals surface area contributed by atoms with E-state index in [1.165, 1.54) is 18.2 Å². The van der Waals surface area contributed by atoms with Crippen LogP contribution in [0.3, 0.4) is 0 Å². The molecule has 3 aromatic rings. The third-order valence-electron chi connectivity index (χ3n) is 9.31. The molecule has 1 saturated carbocycles. The number of ether oxygens (including phenoxy) is 1. The molecule has 1 aromatic carbocycles. The Balaban J connectivity index is 1.13. The summed E-state index contributed by atoms with van der Waals surface area (Å²) >= 11 is 1.12. The van der Waals surface area contributed by atoms with E-state index >= 15 is 0 Å². The molecule has 3 aliphatic heterocycles. The second-order valence-corrected chi connectivity index (χ2v) is 15.3. The maximum absolute atomic E-state index is 14.2. The monoisotopic (exact) mass is 660 g/mol. The quantitative estimate of drug-likeness (QED) is 0.280. The number of nitrogens with zero attached hydrogens (tertiary/aromatic N) is 4. The van der Waals surface area contributed by atoms with Gasteiger partial charge in [-0.25, -0.2) is 9.97 Å². The summed E-state index contributed by atoms with van der Waals surface area (Å²) in [5.74, 6) is 0.642. The molecule has 1 spiro atoms. The van der Waals surface area contributed by atoms with Gasteiger partial charge in [0.2, 0.25) is 12.4 Å². The minimum Gasteiger partial charge on any atom is -0.377 e. The van der Waals surface area contributed by atoms with Crippen molar-refractivity contribution in [1.82, 2.24) is 20.2 Å². The fourth-order valence-corrected chi connectivity index (χ4v) is 8.88. The minimum atomic E-state index is -4.68. The summed E-state index contributed by atoms with van der Waals surface area (Å²) in [5.41, 5.74) is 2.27. The lowest BCUT2D eigenvalue weighted by atomic mass is 9.81. The molecule has 2 aromatic heterocycles. The topological polar surface area (TPSA) is 99.7 Å². The lowest BCUT2D eigenvalue weighted by Gasteiger charge is -2.39. The van der Waals surface area contributed by atoms with Crippen LogP contribution in [0.1, 0.15) is 41.2 Å². The minimum absolute atomic E-state index is 0.0336. The van der Waals surface area contributed by atoms with Crippen molar-refractivity contribution in [3.05, 3.63) is 46.5 Å². The van der Waals surface area contributed by atoms with Crippen molar-refractivity contribution in [2.75, 3.05) is 61.9 Å². The zero-order chi connectivity index (χ0) is 31.3. The van der Waals surface area contributed by atoms with Gasteiger partial charge in [-0.1, -0.05) is 0 Å². The summed E-state index contributed by atoms with van der Waals surface area (Å²) < 4.78 is 60.8. The molecule has 45 heavy (non-hydrogen) atoms. The average Bonchev–Trinajstić information content (AvgIpc) is 3.58. The van der Waals surface area contributed by atoms with Crippen molar-refractivity contribution in [3.63, 3.8) is 0 Å². The molecule has 3 saturated heterocycles. The van der Waals surface area contributed by atoms with Crippen LogP contribution in [-0.2, 0) is 26.5 Å². The highest BCUT2D eigenvalue weighted by molar-refractivity contribution is 7.85. The van der Waals surface area contributed by atoms with E-state index in [4.69, 9.17) is 4.74 Å². The summed E-state index contributed by atoms with van der Waals surface area (Å²) in [5, 5.41) is 6.62. The number of benzene rings is 1. The number of amides is 1. The first-order valence-electron chi connectivity index (χ1n) is 15.2. The number of aromatic nitrogens is 2. The van der Waals surface area contributed by atoms with Crippen LogP contribution >= 0.6 is 11.3 Å². The van der Waals surface area contributed by atoms with Gasteiger partial charge in [-0.2, -0.15) is 13.2 Å². The van der Waals surface area contributed by atoms with Crippen molar-refractivity contribution < 1.29 is 26.9 Å². The van der Waals surface area contributed by atoms with Crippen LogP contribution in [0.15, 0.2) is 35.4 Å². The van der Waals surface area contributed by atoms with Gasteiger partial charge in [0.15, 0.2) is 0 Å². The van der Waals surface area contributed by atoms with Crippen LogP contribution in [-0.4, -0.2) is 83.2 Å². The maximum Gasteiger partial charge on any atom is 0.420 e. The standard InChI is InChI=1S/C31H35F3N6O3S2/c1-19-27(45(42)9-8-40(18-41)22-13-43-14-22)11-26(44-19)28-24(31(32,33)34)12-36-29(38-28)37-25-5-4-21(10-23(25)20-2-3-20)39-7-6-30(17-39)15-35-16-30/h4-5,10-12,18,20,22,35H,2-3,6-9,13-17H2,1H3,(H,36,37,38). The summed E-state index contributed by atoms with van der Waals surface area (Å²) in [6.45, 7) is 7.05. The predicted octanol–water partition coefficient (Wildman–Crippen LogP) is 4.92. The van der Waals surface area contributed by atoms with Crippen molar-refractivity contribution in [2.45, 2.75) is 49.2 Å². The lowest BCUT2D eigenvalue weighted by molar-refractivity contribution is -0.137. The third-order valence-corrected chi connectivity index (χ3v) is 12.0. The van der Waals surface area contributed by atoms with E-state index in [9.17, 15) is 22.2 Å². The number of anilines is 3. The summed E-state index contributed by atoms with van der Waals surface area (Å²) in [4.78, 5) is 25.3. The van der Waals surface area contributed by atoms with Crippen LogP contribution in [0, 0.1) is 12.3 Å². The molecule has 2 N–H and O–H groups in total. The SMILES string of the molecule is Cc1sc(-c2nc(Nc3ccc(N4CCC5(CNC5)C4)cc3C3CC3)ncc2C(F)(F)F)cc1S(=O)CCN(C=O)C1COC1. The van der Waals surface area contributed by atoms with Crippen LogP contribution in [0.25, 0.3) is 10.6 Å². The van der Waals surface area contributed by atoms with Gasteiger partial charge in [0.05, 0.1) is 45.5 Å². The van der Waals surface area contributed by atoms with Gasteiger partial charge in [0.1, 0.15) is 5.56 Å². The van der Waals surface area contributed by atoms with E-state index < -0.39 is 22.5 Å². The summed E-state index contributed by atoms with van der Waals surface area (Å²) in [7, 11) is -1.51. The molecule has 240 valence electrons. The van der Waals surface area contributed by atoms with Gasteiger partial charge in [0.25, 0.3) is 0 Å². The number of rotatable bonds is 11. The molecular weight excluding hydrogens is 626 g/mol. The average molecular weight is 661 g/mol. The van der Waals surface area contributed by atoms with Crippen LogP contribution in [0.4, 0.5) is 30.5 Å². The number of nitrogens with one attached hydrogen (secondary N) is 2. The molecule has 4 fully saturated rings. The van der Waals surface area contributed by atoms with Crippen LogP contribution < -0.4 is 15.5 Å². The molecule has 0 radical (unpaired) electrons. The molecule has 14 heteroatoms. The highest BCUT2D eigenvalue weighted by atomic mass is 32.2. The van der Waals surface area contributed by atoms with Gasteiger partial charge in [0, 0.05) is 66.3 Å². The Labute approximate surface area is 266 Å². The molecule has 5 heterocycles. The molecule has 1 atom stereocenters. The smallest absolute Gasteiger partial charge is 0.377 e. The fourth-order valence-electron chi connectivity index (χ4n) is 6.32. The Morgan fingerprint density at radius 2 is 2.07 bits per heavy atom. The van der Waals surface area contributed by atoms with Crippen molar-refractivity contribution in [2.24, 2.45) is 5.41 Å². The zero-order valence-electron chi connectivity index (χ0n) is 24.9. The van der Waals surface area contributed by atoms with Gasteiger partial charge in [-0.3, -0.25) is 9.00 Å². The lowest BCUT2D eigenvalue weighted by Crippen LogP contribution is -2.54.